The Labute approximate surface area is 189 Å². The second-order valence-electron chi connectivity index (χ2n) is 7.75. The highest BCUT2D eigenvalue weighted by Crippen LogP contribution is 2.14. The van der Waals surface area contributed by atoms with Crippen LogP contribution in [-0.2, 0) is 18.3 Å². The number of guanidine groups is 1. The molecule has 1 atom stereocenters. The number of hydrogen-bond donors (Lipinski definition) is 2. The average Bonchev–Trinajstić information content (AvgIpc) is 3.12. The molecule has 3 rings (SSSR count). The van der Waals surface area contributed by atoms with Gasteiger partial charge in [0, 0.05) is 39.3 Å². The van der Waals surface area contributed by atoms with E-state index in [0.717, 1.165) is 57.5 Å². The van der Waals surface area contributed by atoms with E-state index in [9.17, 15) is 4.39 Å². The number of halogens is 1. The predicted octanol–water partition coefficient (Wildman–Crippen LogP) is 1.49. The fraction of sp³-hybridized carbons (Fsp3) is 0.591. The summed E-state index contributed by atoms with van der Waals surface area (Å²) < 4.78 is 26.8. The summed E-state index contributed by atoms with van der Waals surface area (Å²) in [6.07, 6.45) is 0.646. The van der Waals surface area contributed by atoms with Gasteiger partial charge < -0.3 is 24.7 Å². The zero-order chi connectivity index (χ0) is 22.8. The van der Waals surface area contributed by atoms with Crippen LogP contribution >= 0.6 is 0 Å². The van der Waals surface area contributed by atoms with Gasteiger partial charge in [0.05, 0.1) is 19.8 Å². The monoisotopic (exact) mass is 447 g/mol. The van der Waals surface area contributed by atoms with E-state index < -0.39 is 0 Å². The number of nitrogens with one attached hydrogen (secondary N) is 2. The highest BCUT2D eigenvalue weighted by Gasteiger charge is 2.13. The Bertz CT molecular complexity index is 868. The Balaban J connectivity index is 1.57. The SMILES string of the molecule is CCC(CNC(=NCc1nnc(C)n1C)NCCN1CCOCC1)Oc1cccc(F)c1. The van der Waals surface area contributed by atoms with Crippen molar-refractivity contribution < 1.29 is 13.9 Å². The van der Waals surface area contributed by atoms with Gasteiger partial charge in [0.25, 0.3) is 0 Å². The lowest BCUT2D eigenvalue weighted by Crippen LogP contribution is -2.46. The van der Waals surface area contributed by atoms with E-state index in [-0.39, 0.29) is 11.9 Å². The van der Waals surface area contributed by atoms with Crippen LogP contribution in [0.3, 0.4) is 0 Å². The van der Waals surface area contributed by atoms with E-state index in [0.29, 0.717) is 24.8 Å². The molecule has 1 aliphatic heterocycles. The van der Waals surface area contributed by atoms with Crippen LogP contribution in [0.25, 0.3) is 0 Å². The summed E-state index contributed by atoms with van der Waals surface area (Å²) in [5, 5.41) is 15.0. The molecule has 1 aliphatic rings. The van der Waals surface area contributed by atoms with Crippen molar-refractivity contribution in [3.8, 4) is 5.75 Å². The topological polar surface area (TPSA) is 88.8 Å². The molecule has 2 heterocycles. The van der Waals surface area contributed by atoms with Gasteiger partial charge in [0.2, 0.25) is 0 Å². The van der Waals surface area contributed by atoms with E-state index in [4.69, 9.17) is 14.5 Å². The van der Waals surface area contributed by atoms with E-state index >= 15 is 0 Å². The maximum absolute atomic E-state index is 13.5. The zero-order valence-corrected chi connectivity index (χ0v) is 19.2. The van der Waals surface area contributed by atoms with E-state index in [2.05, 4.69) is 25.7 Å². The molecular weight excluding hydrogens is 413 g/mol. The molecule has 0 saturated carbocycles. The quantitative estimate of drug-likeness (QED) is 0.421. The maximum atomic E-state index is 13.5. The van der Waals surface area contributed by atoms with E-state index in [1.165, 1.54) is 12.1 Å². The summed E-state index contributed by atoms with van der Waals surface area (Å²) in [5.41, 5.74) is 0. The molecule has 32 heavy (non-hydrogen) atoms. The number of hydrogen-bond acceptors (Lipinski definition) is 6. The Kier molecular flexibility index (Phi) is 9.24. The second kappa shape index (κ2) is 12.4. The number of nitrogens with zero attached hydrogens (tertiary/aromatic N) is 5. The molecule has 0 bridgehead atoms. The van der Waals surface area contributed by atoms with Crippen LogP contribution < -0.4 is 15.4 Å². The van der Waals surface area contributed by atoms with Crippen LogP contribution in [0.4, 0.5) is 4.39 Å². The van der Waals surface area contributed by atoms with Gasteiger partial charge in [-0.1, -0.05) is 13.0 Å². The molecule has 1 unspecified atom stereocenters. The van der Waals surface area contributed by atoms with Crippen molar-refractivity contribution >= 4 is 5.96 Å². The van der Waals surface area contributed by atoms with Crippen LogP contribution in [-0.4, -0.2) is 77.7 Å². The molecule has 176 valence electrons. The van der Waals surface area contributed by atoms with Crippen molar-refractivity contribution in [2.75, 3.05) is 45.9 Å². The van der Waals surface area contributed by atoms with Crippen LogP contribution in [0.15, 0.2) is 29.3 Å². The third-order valence-corrected chi connectivity index (χ3v) is 5.44. The number of morpholine rings is 1. The first-order valence-corrected chi connectivity index (χ1v) is 11.1. The summed E-state index contributed by atoms with van der Waals surface area (Å²) >= 11 is 0. The lowest BCUT2D eigenvalue weighted by Gasteiger charge is -2.27. The first-order valence-electron chi connectivity index (χ1n) is 11.1. The second-order valence-corrected chi connectivity index (χ2v) is 7.75. The third-order valence-electron chi connectivity index (χ3n) is 5.44. The molecule has 1 aromatic heterocycles. The Morgan fingerprint density at radius 3 is 2.78 bits per heavy atom. The summed E-state index contributed by atoms with van der Waals surface area (Å²) in [6, 6.07) is 6.21. The predicted molar refractivity (Wildman–Crippen MR) is 121 cm³/mol. The summed E-state index contributed by atoms with van der Waals surface area (Å²) in [6.45, 7) is 10.0. The summed E-state index contributed by atoms with van der Waals surface area (Å²) in [4.78, 5) is 7.05. The van der Waals surface area contributed by atoms with Crippen LogP contribution in [0, 0.1) is 12.7 Å². The lowest BCUT2D eigenvalue weighted by atomic mass is 10.2. The van der Waals surface area contributed by atoms with Gasteiger partial charge in [0.1, 0.15) is 30.0 Å². The van der Waals surface area contributed by atoms with Gasteiger partial charge in [-0.15, -0.1) is 10.2 Å². The van der Waals surface area contributed by atoms with E-state index in [1.54, 1.807) is 12.1 Å². The van der Waals surface area contributed by atoms with Crippen molar-refractivity contribution in [3.05, 3.63) is 41.7 Å². The largest absolute Gasteiger partial charge is 0.489 e. The number of rotatable bonds is 10. The minimum Gasteiger partial charge on any atom is -0.489 e. The Morgan fingerprint density at radius 1 is 1.28 bits per heavy atom. The number of aliphatic imine (C=N–C) groups is 1. The smallest absolute Gasteiger partial charge is 0.191 e. The van der Waals surface area contributed by atoms with Gasteiger partial charge in [-0.3, -0.25) is 4.90 Å². The van der Waals surface area contributed by atoms with Gasteiger partial charge in [0.15, 0.2) is 11.8 Å². The Hall–Kier alpha value is -2.72. The molecule has 2 N–H and O–H groups in total. The minimum atomic E-state index is -0.309. The number of benzene rings is 1. The van der Waals surface area contributed by atoms with E-state index in [1.807, 2.05) is 25.5 Å². The molecule has 1 aromatic carbocycles. The molecule has 1 fully saturated rings. The van der Waals surface area contributed by atoms with Crippen molar-refractivity contribution in [2.45, 2.75) is 32.9 Å². The van der Waals surface area contributed by atoms with Crippen LogP contribution in [0.5, 0.6) is 5.75 Å². The van der Waals surface area contributed by atoms with Crippen molar-refractivity contribution in [2.24, 2.45) is 12.0 Å². The molecule has 0 amide bonds. The van der Waals surface area contributed by atoms with Gasteiger partial charge in [-0.25, -0.2) is 9.38 Å². The van der Waals surface area contributed by atoms with Gasteiger partial charge in [-0.05, 0) is 25.5 Å². The fourth-order valence-corrected chi connectivity index (χ4v) is 3.28. The standard InChI is InChI=1S/C22H34FN7O2/c1-4-19(32-20-7-5-6-18(23)14-20)15-25-22(24-8-9-30-10-12-31-13-11-30)26-16-21-28-27-17(2)29(21)3/h5-7,14,19H,4,8-13,15-16H2,1-3H3,(H2,24,25,26). The Morgan fingerprint density at radius 2 is 2.09 bits per heavy atom. The minimum absolute atomic E-state index is 0.125. The highest BCUT2D eigenvalue weighted by molar-refractivity contribution is 5.79. The molecule has 2 aromatic rings. The molecule has 0 aliphatic carbocycles. The zero-order valence-electron chi connectivity index (χ0n) is 19.2. The molecule has 0 radical (unpaired) electrons. The number of aryl methyl sites for hydroxylation is 1. The molecule has 10 heteroatoms. The normalized spacial score (nSPS) is 16.1. The van der Waals surface area contributed by atoms with Gasteiger partial charge >= 0.3 is 0 Å². The average molecular weight is 448 g/mol. The molecule has 9 nitrogen and oxygen atoms in total. The number of aromatic nitrogens is 3. The van der Waals surface area contributed by atoms with Crippen molar-refractivity contribution in [3.63, 3.8) is 0 Å². The maximum Gasteiger partial charge on any atom is 0.191 e. The highest BCUT2D eigenvalue weighted by atomic mass is 19.1. The van der Waals surface area contributed by atoms with Gasteiger partial charge in [-0.2, -0.15) is 0 Å². The summed E-state index contributed by atoms with van der Waals surface area (Å²) in [7, 11) is 1.93. The van der Waals surface area contributed by atoms with Crippen molar-refractivity contribution in [1.29, 1.82) is 0 Å². The lowest BCUT2D eigenvalue weighted by molar-refractivity contribution is 0.0389. The third kappa shape index (κ3) is 7.45. The molecule has 1 saturated heterocycles. The number of ether oxygens (including phenoxy) is 2. The van der Waals surface area contributed by atoms with Crippen molar-refractivity contribution in [1.82, 2.24) is 30.3 Å². The van der Waals surface area contributed by atoms with Crippen LogP contribution in [0.1, 0.15) is 25.0 Å². The summed E-state index contributed by atoms with van der Waals surface area (Å²) in [5.74, 6) is 2.53. The molecular formula is C22H34FN7O2. The molecule has 0 spiro atoms. The first-order chi connectivity index (χ1) is 15.5. The first kappa shape index (κ1) is 23.9. The van der Waals surface area contributed by atoms with Crippen LogP contribution in [0.2, 0.25) is 0 Å². The fourth-order valence-electron chi connectivity index (χ4n) is 3.28.